The first-order valence-electron chi connectivity index (χ1n) is 20.9. The maximum atomic E-state index is 7.02. The van der Waals surface area contributed by atoms with Gasteiger partial charge in [0.25, 0.3) is 0 Å². The number of hydrogen-bond donors (Lipinski definition) is 1. The Kier molecular flexibility index (Phi) is 7.46. The second-order valence-corrected chi connectivity index (χ2v) is 17.2. The minimum Gasteiger partial charge on any atom is -0.459 e. The SMILES string of the molecule is CC1(C2=NC(c3ccc4c(c3)C(C)(C)c3ccccc3-4)NC(c3ccccc3)=N2)CC=Cc2c1oc1cccc(-c3ccc4c(c3)c3ccccc3n4-c3ccccc3)c21. The number of nitrogens with one attached hydrogen (secondary N) is 1. The van der Waals surface area contributed by atoms with Crippen LogP contribution in [0.2, 0.25) is 0 Å². The highest BCUT2D eigenvalue weighted by Crippen LogP contribution is 2.50. The fraction of sp³-hybridized carbons (Fsp3) is 0.127. The molecule has 5 heteroatoms. The number of aromatic nitrogens is 1. The maximum absolute atomic E-state index is 7.02. The molecule has 1 N–H and O–H groups in total. The number of fused-ring (bicyclic) bond motifs is 9. The number of furan rings is 1. The third-order valence-corrected chi connectivity index (χ3v) is 13.3. The Morgan fingerprint density at radius 1 is 0.633 bits per heavy atom. The van der Waals surface area contributed by atoms with Crippen LogP contribution in [0.1, 0.15) is 66.9 Å². The van der Waals surface area contributed by atoms with E-state index in [1.54, 1.807) is 0 Å². The zero-order valence-corrected chi connectivity index (χ0v) is 33.8. The van der Waals surface area contributed by atoms with Gasteiger partial charge in [-0.25, -0.2) is 9.98 Å². The summed E-state index contributed by atoms with van der Waals surface area (Å²) in [6, 6.07) is 58.7. The third kappa shape index (κ3) is 5.05. The van der Waals surface area contributed by atoms with Crippen LogP contribution >= 0.6 is 0 Å². The molecule has 288 valence electrons. The topological polar surface area (TPSA) is 54.8 Å². The molecule has 0 spiro atoms. The Morgan fingerprint density at radius 3 is 2.23 bits per heavy atom. The van der Waals surface area contributed by atoms with Crippen molar-refractivity contribution < 1.29 is 4.42 Å². The Hall–Kier alpha value is -7.24. The molecular weight excluding hydrogens is 733 g/mol. The average molecular weight is 775 g/mol. The molecule has 0 saturated carbocycles. The van der Waals surface area contributed by atoms with Crippen LogP contribution in [0.15, 0.2) is 184 Å². The van der Waals surface area contributed by atoms with E-state index in [-0.39, 0.29) is 11.6 Å². The molecule has 2 aromatic heterocycles. The van der Waals surface area contributed by atoms with Gasteiger partial charge in [-0.05, 0) is 88.7 Å². The predicted molar refractivity (Wildman–Crippen MR) is 247 cm³/mol. The van der Waals surface area contributed by atoms with Crippen molar-refractivity contribution in [3.05, 3.63) is 203 Å². The van der Waals surface area contributed by atoms with Crippen molar-refractivity contribution in [3.63, 3.8) is 0 Å². The molecule has 0 fully saturated rings. The number of allylic oxidation sites excluding steroid dienone is 1. The summed E-state index contributed by atoms with van der Waals surface area (Å²) >= 11 is 0. The van der Waals surface area contributed by atoms with Crippen molar-refractivity contribution >= 4 is 50.5 Å². The van der Waals surface area contributed by atoms with Crippen LogP contribution in [0.3, 0.4) is 0 Å². The molecule has 12 rings (SSSR count). The van der Waals surface area contributed by atoms with E-state index in [2.05, 4.69) is 201 Å². The van der Waals surface area contributed by atoms with E-state index < -0.39 is 5.41 Å². The van der Waals surface area contributed by atoms with E-state index in [0.717, 1.165) is 61.9 Å². The normalized spacial score (nSPS) is 18.8. The maximum Gasteiger partial charge on any atom is 0.147 e. The smallest absolute Gasteiger partial charge is 0.147 e. The van der Waals surface area contributed by atoms with Crippen LogP contribution in [-0.4, -0.2) is 16.2 Å². The fourth-order valence-electron chi connectivity index (χ4n) is 10.2. The number of rotatable bonds is 5. The summed E-state index contributed by atoms with van der Waals surface area (Å²) in [4.78, 5) is 10.9. The molecule has 1 aliphatic heterocycles. The zero-order valence-electron chi connectivity index (χ0n) is 33.8. The average Bonchev–Trinajstić information content (AvgIpc) is 3.93. The quantitative estimate of drug-likeness (QED) is 0.189. The van der Waals surface area contributed by atoms with E-state index in [9.17, 15) is 0 Å². The second-order valence-electron chi connectivity index (χ2n) is 17.2. The number of hydrogen-bond acceptors (Lipinski definition) is 4. The Labute approximate surface area is 349 Å². The fourth-order valence-corrected chi connectivity index (χ4v) is 10.2. The molecule has 60 heavy (non-hydrogen) atoms. The Morgan fingerprint density at radius 2 is 1.37 bits per heavy atom. The number of amidine groups is 2. The monoisotopic (exact) mass is 774 g/mol. The molecule has 2 aliphatic carbocycles. The Balaban J connectivity index is 0.998. The molecule has 0 amide bonds. The van der Waals surface area contributed by atoms with Gasteiger partial charge in [0.2, 0.25) is 0 Å². The number of benzene rings is 7. The molecular formula is C55H42N4O. The number of para-hydroxylation sites is 2. The first-order chi connectivity index (χ1) is 29.4. The van der Waals surface area contributed by atoms with Gasteiger partial charge in [-0.3, -0.25) is 0 Å². The van der Waals surface area contributed by atoms with Gasteiger partial charge in [0.1, 0.15) is 29.2 Å². The van der Waals surface area contributed by atoms with Crippen molar-refractivity contribution in [3.8, 4) is 27.9 Å². The summed E-state index contributed by atoms with van der Waals surface area (Å²) in [5, 5.41) is 7.31. The molecule has 3 aliphatic rings. The van der Waals surface area contributed by atoms with E-state index in [1.165, 1.54) is 44.1 Å². The summed E-state index contributed by atoms with van der Waals surface area (Å²) in [6.07, 6.45) is 4.89. The van der Waals surface area contributed by atoms with Crippen LogP contribution in [0.25, 0.3) is 66.8 Å². The van der Waals surface area contributed by atoms with E-state index >= 15 is 0 Å². The van der Waals surface area contributed by atoms with Gasteiger partial charge >= 0.3 is 0 Å². The van der Waals surface area contributed by atoms with E-state index in [1.807, 2.05) is 6.07 Å². The van der Waals surface area contributed by atoms with Gasteiger partial charge in [0, 0.05) is 38.4 Å². The molecule has 5 nitrogen and oxygen atoms in total. The van der Waals surface area contributed by atoms with Gasteiger partial charge < -0.3 is 14.3 Å². The Bertz CT molecular complexity index is 3310. The first-order valence-corrected chi connectivity index (χ1v) is 20.9. The lowest BCUT2D eigenvalue weighted by Gasteiger charge is -2.33. The van der Waals surface area contributed by atoms with Gasteiger partial charge in [0.15, 0.2) is 0 Å². The van der Waals surface area contributed by atoms with Crippen molar-refractivity contribution in [2.24, 2.45) is 9.98 Å². The molecule has 0 saturated heterocycles. The highest BCUT2D eigenvalue weighted by atomic mass is 16.3. The molecule has 3 heterocycles. The van der Waals surface area contributed by atoms with Gasteiger partial charge in [-0.2, -0.15) is 0 Å². The molecule has 0 radical (unpaired) electrons. The summed E-state index contributed by atoms with van der Waals surface area (Å²) in [5.74, 6) is 2.47. The molecule has 7 aromatic carbocycles. The highest BCUT2D eigenvalue weighted by molar-refractivity contribution is 6.14. The van der Waals surface area contributed by atoms with Crippen molar-refractivity contribution in [2.75, 3.05) is 0 Å². The van der Waals surface area contributed by atoms with Gasteiger partial charge in [-0.1, -0.05) is 153 Å². The van der Waals surface area contributed by atoms with Gasteiger partial charge in [-0.15, -0.1) is 0 Å². The lowest BCUT2D eigenvalue weighted by molar-refractivity contribution is 0.450. The third-order valence-electron chi connectivity index (χ3n) is 13.3. The summed E-state index contributed by atoms with van der Waals surface area (Å²) in [5.41, 5.74) is 14.5. The van der Waals surface area contributed by atoms with Crippen LogP contribution in [0.5, 0.6) is 0 Å². The lowest BCUT2D eigenvalue weighted by Crippen LogP contribution is -2.41. The van der Waals surface area contributed by atoms with Crippen LogP contribution in [-0.2, 0) is 10.8 Å². The number of aliphatic imine (C=N–C) groups is 2. The van der Waals surface area contributed by atoms with Crippen molar-refractivity contribution in [1.82, 2.24) is 9.88 Å². The largest absolute Gasteiger partial charge is 0.459 e. The minimum absolute atomic E-state index is 0.121. The van der Waals surface area contributed by atoms with Crippen molar-refractivity contribution in [1.29, 1.82) is 0 Å². The highest BCUT2D eigenvalue weighted by Gasteiger charge is 2.43. The van der Waals surface area contributed by atoms with E-state index in [0.29, 0.717) is 6.42 Å². The van der Waals surface area contributed by atoms with Crippen LogP contribution in [0.4, 0.5) is 0 Å². The van der Waals surface area contributed by atoms with Crippen LogP contribution in [0, 0.1) is 0 Å². The molecule has 2 atom stereocenters. The minimum atomic E-state index is -0.625. The molecule has 9 aromatic rings. The van der Waals surface area contributed by atoms with E-state index in [4.69, 9.17) is 14.4 Å². The second kappa shape index (κ2) is 12.9. The molecule has 2 unspecified atom stereocenters. The molecule has 0 bridgehead atoms. The summed E-state index contributed by atoms with van der Waals surface area (Å²) < 4.78 is 9.38. The summed E-state index contributed by atoms with van der Waals surface area (Å²) in [7, 11) is 0. The van der Waals surface area contributed by atoms with Crippen molar-refractivity contribution in [2.45, 2.75) is 44.2 Å². The zero-order chi connectivity index (χ0) is 40.2. The standard InChI is InChI=1S/C55H42N4O/c1-54(2)44-24-12-10-20-39(44)40-29-27-36(33-45(40)54)52-56-51(34-16-6-4-7-17-34)57-53(58-52)55(3)31-15-23-42-49-38(22-14-26-48(49)60-50(42)55)35-28-30-47-43(32-35)41-21-11-13-25-46(41)59(47)37-18-8-5-9-19-37/h4-30,32-33,52H,31H2,1-3H3,(H,56,57,58). The predicted octanol–water partition coefficient (Wildman–Crippen LogP) is 13.3. The summed E-state index contributed by atoms with van der Waals surface area (Å²) in [6.45, 7) is 6.90. The van der Waals surface area contributed by atoms with Crippen LogP contribution < -0.4 is 5.32 Å². The van der Waals surface area contributed by atoms with Gasteiger partial charge in [0.05, 0.1) is 16.4 Å². The number of nitrogens with zero attached hydrogens (tertiary/aromatic N) is 3. The lowest BCUT2D eigenvalue weighted by atomic mass is 9.76. The first kappa shape index (κ1) is 34.8.